The van der Waals surface area contributed by atoms with Crippen LogP contribution in [0.4, 0.5) is 0 Å². The van der Waals surface area contributed by atoms with Gasteiger partial charge in [-0.15, -0.1) is 0 Å². The Morgan fingerprint density at radius 2 is 1.92 bits per heavy atom. The first-order valence-electron chi connectivity index (χ1n) is 4.15. The molecule has 1 heterocycles. The molecule has 1 saturated heterocycles. The molecule has 0 bridgehead atoms. The van der Waals surface area contributed by atoms with Crippen molar-refractivity contribution in [3.05, 3.63) is 0 Å². The largest absolute Gasteiger partial charge is 1.00 e. The van der Waals surface area contributed by atoms with E-state index in [1.165, 1.54) is 24.3 Å². The van der Waals surface area contributed by atoms with Crippen LogP contribution in [0.25, 0.3) is 0 Å². The van der Waals surface area contributed by atoms with Crippen LogP contribution in [0.3, 0.4) is 0 Å². The summed E-state index contributed by atoms with van der Waals surface area (Å²) in [7, 11) is 0.593. The SMILES string of the molecule is O=C(O)CCC[S+]1CCCC1.[Br-]. The van der Waals surface area contributed by atoms with Crippen LogP contribution in [0, 0.1) is 0 Å². The predicted octanol–water partition coefficient (Wildman–Crippen LogP) is -1.73. The maximum absolute atomic E-state index is 10.2. The maximum Gasteiger partial charge on any atom is 0.303 e. The summed E-state index contributed by atoms with van der Waals surface area (Å²) < 4.78 is 0. The van der Waals surface area contributed by atoms with Crippen LogP contribution < -0.4 is 17.0 Å². The minimum Gasteiger partial charge on any atom is -1.00 e. The van der Waals surface area contributed by atoms with E-state index in [0.717, 1.165) is 12.2 Å². The third-order valence-corrected chi connectivity index (χ3v) is 4.54. The molecular weight excluding hydrogens is 240 g/mol. The fourth-order valence-electron chi connectivity index (χ4n) is 1.35. The first kappa shape index (κ1) is 12.3. The lowest BCUT2D eigenvalue weighted by molar-refractivity contribution is -0.137. The van der Waals surface area contributed by atoms with E-state index in [1.807, 2.05) is 0 Å². The van der Waals surface area contributed by atoms with E-state index in [1.54, 1.807) is 0 Å². The maximum atomic E-state index is 10.2. The second kappa shape index (κ2) is 6.78. The monoisotopic (exact) mass is 254 g/mol. The van der Waals surface area contributed by atoms with Crippen LogP contribution in [0.2, 0.25) is 0 Å². The smallest absolute Gasteiger partial charge is 0.303 e. The Morgan fingerprint density at radius 3 is 2.42 bits per heavy atom. The van der Waals surface area contributed by atoms with Crippen molar-refractivity contribution in [2.24, 2.45) is 0 Å². The summed E-state index contributed by atoms with van der Waals surface area (Å²) >= 11 is 0. The van der Waals surface area contributed by atoms with Crippen molar-refractivity contribution in [2.45, 2.75) is 25.7 Å². The number of halogens is 1. The van der Waals surface area contributed by atoms with Crippen molar-refractivity contribution < 1.29 is 26.9 Å². The minimum atomic E-state index is -0.646. The van der Waals surface area contributed by atoms with Crippen molar-refractivity contribution in [1.29, 1.82) is 0 Å². The normalized spacial score (nSPS) is 17.3. The lowest BCUT2D eigenvalue weighted by Gasteiger charge is -1.97. The van der Waals surface area contributed by atoms with Crippen LogP contribution in [-0.2, 0) is 15.7 Å². The number of carbonyl (C=O) groups is 1. The molecule has 0 atom stereocenters. The molecule has 72 valence electrons. The Kier molecular flexibility index (Phi) is 6.95. The minimum absolute atomic E-state index is 0. The molecule has 1 aliphatic rings. The van der Waals surface area contributed by atoms with E-state index < -0.39 is 5.97 Å². The highest BCUT2D eigenvalue weighted by Gasteiger charge is 2.23. The number of hydrogen-bond acceptors (Lipinski definition) is 1. The summed E-state index contributed by atoms with van der Waals surface area (Å²) in [6, 6.07) is 0. The Hall–Kier alpha value is 0.300. The zero-order chi connectivity index (χ0) is 8.10. The average Bonchev–Trinajstić information content (AvgIpc) is 2.39. The van der Waals surface area contributed by atoms with Gasteiger partial charge in [0.15, 0.2) is 0 Å². The molecule has 1 rings (SSSR count). The van der Waals surface area contributed by atoms with Gasteiger partial charge in [0.2, 0.25) is 0 Å². The summed E-state index contributed by atoms with van der Waals surface area (Å²) in [4.78, 5) is 10.2. The Balaban J connectivity index is 0.00000121. The fraction of sp³-hybridized carbons (Fsp3) is 0.875. The van der Waals surface area contributed by atoms with Gasteiger partial charge in [-0.25, -0.2) is 0 Å². The van der Waals surface area contributed by atoms with E-state index in [4.69, 9.17) is 5.11 Å². The topological polar surface area (TPSA) is 37.3 Å². The Bertz CT molecular complexity index is 135. The molecule has 0 spiro atoms. The number of rotatable bonds is 4. The van der Waals surface area contributed by atoms with Crippen molar-refractivity contribution in [1.82, 2.24) is 0 Å². The van der Waals surface area contributed by atoms with E-state index in [-0.39, 0.29) is 17.0 Å². The standard InChI is InChI=1S/C8H14O2S.BrH/c9-8(10)4-3-7-11-5-1-2-6-11;/h1-7H2;1H. The van der Waals surface area contributed by atoms with E-state index in [0.29, 0.717) is 17.3 Å². The van der Waals surface area contributed by atoms with Gasteiger partial charge >= 0.3 is 5.97 Å². The molecule has 4 heteroatoms. The second-order valence-corrected chi connectivity index (χ2v) is 5.38. The molecule has 1 N–H and O–H groups in total. The van der Waals surface area contributed by atoms with Crippen molar-refractivity contribution in [3.8, 4) is 0 Å². The summed E-state index contributed by atoms with van der Waals surface area (Å²) in [6.07, 6.45) is 3.99. The van der Waals surface area contributed by atoms with E-state index in [2.05, 4.69) is 0 Å². The molecule has 0 aromatic heterocycles. The summed E-state index contributed by atoms with van der Waals surface area (Å²) in [5.74, 6) is 3.23. The van der Waals surface area contributed by atoms with Crippen LogP contribution >= 0.6 is 0 Å². The van der Waals surface area contributed by atoms with Gasteiger partial charge in [-0.1, -0.05) is 0 Å². The lowest BCUT2D eigenvalue weighted by Crippen LogP contribution is -3.00. The molecule has 1 fully saturated rings. The summed E-state index contributed by atoms with van der Waals surface area (Å²) in [5, 5.41) is 8.39. The number of carboxylic acids is 1. The van der Waals surface area contributed by atoms with Crippen LogP contribution in [0.1, 0.15) is 25.7 Å². The highest BCUT2D eigenvalue weighted by Crippen LogP contribution is 2.14. The van der Waals surface area contributed by atoms with Gasteiger partial charge in [0.05, 0.1) is 0 Å². The predicted molar refractivity (Wildman–Crippen MR) is 48.1 cm³/mol. The zero-order valence-corrected chi connectivity index (χ0v) is 9.49. The quantitative estimate of drug-likeness (QED) is 0.606. The molecule has 0 saturated carbocycles. The average molecular weight is 255 g/mol. The van der Waals surface area contributed by atoms with Crippen LogP contribution in [-0.4, -0.2) is 28.3 Å². The zero-order valence-electron chi connectivity index (χ0n) is 7.09. The second-order valence-electron chi connectivity index (χ2n) is 2.93. The molecule has 0 aromatic carbocycles. The fourth-order valence-corrected chi connectivity index (χ4v) is 3.74. The first-order chi connectivity index (χ1) is 5.29. The Labute approximate surface area is 86.8 Å². The molecular formula is C8H15BrO2S. The molecule has 2 nitrogen and oxygen atoms in total. The highest BCUT2D eigenvalue weighted by molar-refractivity contribution is 7.97. The van der Waals surface area contributed by atoms with Gasteiger partial charge in [-0.3, -0.25) is 4.79 Å². The number of hydrogen-bond donors (Lipinski definition) is 1. The van der Waals surface area contributed by atoms with Crippen LogP contribution in [0.5, 0.6) is 0 Å². The molecule has 0 radical (unpaired) electrons. The Morgan fingerprint density at radius 1 is 1.33 bits per heavy atom. The number of carboxylic acid groups (broad SMARTS) is 1. The van der Waals surface area contributed by atoms with E-state index in [9.17, 15) is 4.79 Å². The number of aliphatic carboxylic acids is 1. The molecule has 1 aliphatic heterocycles. The summed E-state index contributed by atoms with van der Waals surface area (Å²) in [6.45, 7) is 0. The van der Waals surface area contributed by atoms with Crippen LogP contribution in [0.15, 0.2) is 0 Å². The van der Waals surface area contributed by atoms with Gasteiger partial charge in [0.25, 0.3) is 0 Å². The van der Waals surface area contributed by atoms with Gasteiger partial charge in [-0.2, -0.15) is 0 Å². The third-order valence-electron chi connectivity index (χ3n) is 1.94. The molecule has 0 unspecified atom stereocenters. The van der Waals surface area contributed by atoms with Gasteiger partial charge in [-0.05, 0) is 23.7 Å². The van der Waals surface area contributed by atoms with Gasteiger partial charge in [0, 0.05) is 12.8 Å². The van der Waals surface area contributed by atoms with Crippen molar-refractivity contribution >= 4 is 16.9 Å². The van der Waals surface area contributed by atoms with Gasteiger partial charge < -0.3 is 22.1 Å². The molecule has 0 aromatic rings. The summed E-state index contributed by atoms with van der Waals surface area (Å²) in [5.41, 5.74) is 0. The highest BCUT2D eigenvalue weighted by atomic mass is 79.9. The third kappa shape index (κ3) is 5.04. The lowest BCUT2D eigenvalue weighted by atomic mass is 10.3. The van der Waals surface area contributed by atoms with Gasteiger partial charge in [0.1, 0.15) is 17.3 Å². The molecule has 0 aliphatic carbocycles. The van der Waals surface area contributed by atoms with E-state index >= 15 is 0 Å². The molecule has 12 heavy (non-hydrogen) atoms. The first-order valence-corrected chi connectivity index (χ1v) is 5.88. The molecule has 0 amide bonds. The van der Waals surface area contributed by atoms with Crippen molar-refractivity contribution in [3.63, 3.8) is 0 Å². The van der Waals surface area contributed by atoms with Crippen molar-refractivity contribution in [2.75, 3.05) is 17.3 Å².